The molecule has 0 spiro atoms. The number of hydrogen-bond acceptors (Lipinski definition) is 2. The van der Waals surface area contributed by atoms with Crippen LogP contribution in [0.3, 0.4) is 0 Å². The molecular weight excluding hydrogens is 344 g/mol. The lowest BCUT2D eigenvalue weighted by Crippen LogP contribution is -2.27. The van der Waals surface area contributed by atoms with Gasteiger partial charge in [-0.25, -0.2) is 0 Å². The van der Waals surface area contributed by atoms with Crippen molar-refractivity contribution in [2.24, 2.45) is 11.7 Å². The van der Waals surface area contributed by atoms with Gasteiger partial charge in [-0.05, 0) is 75.4 Å². The Morgan fingerprint density at radius 3 is 2.71 bits per heavy atom. The molecule has 2 unspecified atom stereocenters. The molecule has 2 atom stereocenters. The molecule has 1 aliphatic rings. The lowest BCUT2D eigenvalue weighted by molar-refractivity contribution is 0.256. The van der Waals surface area contributed by atoms with Crippen molar-refractivity contribution < 1.29 is 0 Å². The number of benzene rings is 1. The van der Waals surface area contributed by atoms with E-state index < -0.39 is 0 Å². The Hall–Kier alpha value is 0.1000. The van der Waals surface area contributed by atoms with Gasteiger partial charge in [-0.1, -0.05) is 6.07 Å². The summed E-state index contributed by atoms with van der Waals surface area (Å²) in [7, 11) is 0. The minimum absolute atomic E-state index is 0.644. The van der Waals surface area contributed by atoms with Crippen molar-refractivity contribution in [2.75, 3.05) is 13.1 Å². The van der Waals surface area contributed by atoms with Crippen LogP contribution in [-0.4, -0.2) is 24.0 Å². The number of likely N-dealkylation sites (tertiary alicyclic amines) is 1. The van der Waals surface area contributed by atoms with Crippen molar-refractivity contribution in [3.05, 3.63) is 32.7 Å². The van der Waals surface area contributed by atoms with E-state index >= 15 is 0 Å². The number of nitrogens with two attached hydrogens (primary N) is 1. The van der Waals surface area contributed by atoms with Gasteiger partial charge in [0, 0.05) is 28.1 Å². The lowest BCUT2D eigenvalue weighted by Gasteiger charge is -2.21. The highest BCUT2D eigenvalue weighted by Crippen LogP contribution is 2.27. The standard InChI is InChI=1S/C13H18Br2N2/c1-9-4-11(6-16)8-17(9)7-10-2-3-12(14)13(15)5-10/h2-3,5,9,11H,4,6-8,16H2,1H3. The van der Waals surface area contributed by atoms with Crippen molar-refractivity contribution in [2.45, 2.75) is 25.9 Å². The molecule has 1 aromatic carbocycles. The van der Waals surface area contributed by atoms with E-state index in [9.17, 15) is 0 Å². The second-order valence-electron chi connectivity index (χ2n) is 4.86. The van der Waals surface area contributed by atoms with E-state index in [4.69, 9.17) is 5.73 Å². The summed E-state index contributed by atoms with van der Waals surface area (Å²) in [5.41, 5.74) is 7.11. The fourth-order valence-corrected chi connectivity index (χ4v) is 3.15. The van der Waals surface area contributed by atoms with Crippen LogP contribution in [0.15, 0.2) is 27.1 Å². The van der Waals surface area contributed by atoms with Crippen molar-refractivity contribution >= 4 is 31.9 Å². The summed E-state index contributed by atoms with van der Waals surface area (Å²) in [6.45, 7) is 5.25. The van der Waals surface area contributed by atoms with E-state index in [1.807, 2.05) is 0 Å². The number of halogens is 2. The fourth-order valence-electron chi connectivity index (χ4n) is 2.48. The average molecular weight is 362 g/mol. The molecule has 0 aromatic heterocycles. The summed E-state index contributed by atoms with van der Waals surface area (Å²) in [6, 6.07) is 7.11. The molecule has 17 heavy (non-hydrogen) atoms. The zero-order valence-electron chi connectivity index (χ0n) is 10.00. The normalized spacial score (nSPS) is 25.4. The van der Waals surface area contributed by atoms with Gasteiger partial charge in [0.2, 0.25) is 0 Å². The SMILES string of the molecule is CC1CC(CN)CN1Cc1ccc(Br)c(Br)c1. The van der Waals surface area contributed by atoms with E-state index in [2.05, 4.69) is 61.9 Å². The molecule has 0 radical (unpaired) electrons. The summed E-state index contributed by atoms with van der Waals surface area (Å²) in [6.07, 6.45) is 1.23. The van der Waals surface area contributed by atoms with E-state index in [-0.39, 0.29) is 0 Å². The maximum absolute atomic E-state index is 5.76. The van der Waals surface area contributed by atoms with Crippen LogP contribution in [0.4, 0.5) is 0 Å². The summed E-state index contributed by atoms with van der Waals surface area (Å²) >= 11 is 7.05. The quantitative estimate of drug-likeness (QED) is 0.894. The molecule has 2 N–H and O–H groups in total. The number of nitrogens with zero attached hydrogens (tertiary/aromatic N) is 1. The molecule has 0 aliphatic carbocycles. The van der Waals surface area contributed by atoms with Gasteiger partial charge in [0.25, 0.3) is 0 Å². The van der Waals surface area contributed by atoms with Gasteiger partial charge in [-0.3, -0.25) is 4.90 Å². The lowest BCUT2D eigenvalue weighted by atomic mass is 10.1. The predicted octanol–water partition coefficient (Wildman–Crippen LogP) is 3.38. The molecule has 1 heterocycles. The van der Waals surface area contributed by atoms with E-state index in [1.54, 1.807) is 0 Å². The van der Waals surface area contributed by atoms with Crippen molar-refractivity contribution in [3.8, 4) is 0 Å². The van der Waals surface area contributed by atoms with E-state index in [1.165, 1.54) is 12.0 Å². The van der Waals surface area contributed by atoms with Crippen LogP contribution in [0.5, 0.6) is 0 Å². The van der Waals surface area contributed by atoms with Crippen molar-refractivity contribution in [3.63, 3.8) is 0 Å². The third-order valence-corrected chi connectivity index (χ3v) is 5.37. The summed E-state index contributed by atoms with van der Waals surface area (Å²) in [5, 5.41) is 0. The largest absolute Gasteiger partial charge is 0.330 e. The third kappa shape index (κ3) is 3.31. The van der Waals surface area contributed by atoms with Crippen LogP contribution in [-0.2, 0) is 6.54 Å². The molecule has 0 amide bonds. The average Bonchev–Trinajstić information content (AvgIpc) is 2.65. The van der Waals surface area contributed by atoms with Crippen LogP contribution in [0.25, 0.3) is 0 Å². The van der Waals surface area contributed by atoms with Crippen LogP contribution in [0.2, 0.25) is 0 Å². The topological polar surface area (TPSA) is 29.3 Å². The summed E-state index contributed by atoms with van der Waals surface area (Å²) in [4.78, 5) is 2.52. The molecule has 94 valence electrons. The molecule has 0 bridgehead atoms. The monoisotopic (exact) mass is 360 g/mol. The molecule has 4 heteroatoms. The second kappa shape index (κ2) is 5.83. The minimum Gasteiger partial charge on any atom is -0.330 e. The zero-order chi connectivity index (χ0) is 12.4. The molecular formula is C13H18Br2N2. The Balaban J connectivity index is 2.03. The molecule has 1 aromatic rings. The first kappa shape index (κ1) is 13.5. The fraction of sp³-hybridized carbons (Fsp3) is 0.538. The van der Waals surface area contributed by atoms with Crippen LogP contribution < -0.4 is 5.73 Å². The highest BCUT2D eigenvalue weighted by molar-refractivity contribution is 9.13. The molecule has 1 aliphatic heterocycles. The second-order valence-corrected chi connectivity index (χ2v) is 6.57. The molecule has 1 saturated heterocycles. The first-order chi connectivity index (χ1) is 8.10. The van der Waals surface area contributed by atoms with Gasteiger partial charge in [0.1, 0.15) is 0 Å². The molecule has 2 rings (SSSR count). The van der Waals surface area contributed by atoms with Gasteiger partial charge in [-0.2, -0.15) is 0 Å². The van der Waals surface area contributed by atoms with E-state index in [0.29, 0.717) is 12.0 Å². The number of rotatable bonds is 3. The Morgan fingerprint density at radius 2 is 2.12 bits per heavy atom. The first-order valence-electron chi connectivity index (χ1n) is 5.98. The van der Waals surface area contributed by atoms with Gasteiger partial charge in [-0.15, -0.1) is 0 Å². The van der Waals surface area contributed by atoms with Crippen LogP contribution in [0, 0.1) is 5.92 Å². The highest BCUT2D eigenvalue weighted by atomic mass is 79.9. The predicted molar refractivity (Wildman–Crippen MR) is 78.9 cm³/mol. The van der Waals surface area contributed by atoms with Gasteiger partial charge in [0.15, 0.2) is 0 Å². The zero-order valence-corrected chi connectivity index (χ0v) is 13.2. The summed E-state index contributed by atoms with van der Waals surface area (Å²) in [5.74, 6) is 0.670. The van der Waals surface area contributed by atoms with E-state index in [0.717, 1.165) is 28.6 Å². The Bertz CT molecular complexity index is 395. The molecule has 1 fully saturated rings. The van der Waals surface area contributed by atoms with Crippen LogP contribution >= 0.6 is 31.9 Å². The minimum atomic E-state index is 0.644. The van der Waals surface area contributed by atoms with Crippen LogP contribution in [0.1, 0.15) is 18.9 Å². The smallest absolute Gasteiger partial charge is 0.0320 e. The number of hydrogen-bond donors (Lipinski definition) is 1. The third-order valence-electron chi connectivity index (χ3n) is 3.49. The van der Waals surface area contributed by atoms with Crippen molar-refractivity contribution in [1.29, 1.82) is 0 Å². The van der Waals surface area contributed by atoms with Gasteiger partial charge in [0.05, 0.1) is 0 Å². The maximum Gasteiger partial charge on any atom is 0.0320 e. The summed E-state index contributed by atoms with van der Waals surface area (Å²) < 4.78 is 2.23. The molecule has 2 nitrogen and oxygen atoms in total. The Kier molecular flexibility index (Phi) is 4.64. The Morgan fingerprint density at radius 1 is 1.35 bits per heavy atom. The van der Waals surface area contributed by atoms with Crippen molar-refractivity contribution in [1.82, 2.24) is 4.90 Å². The first-order valence-corrected chi connectivity index (χ1v) is 7.56. The molecule has 0 saturated carbocycles. The van der Waals surface area contributed by atoms with Gasteiger partial charge >= 0.3 is 0 Å². The Labute approximate surface area is 120 Å². The maximum atomic E-state index is 5.76. The highest BCUT2D eigenvalue weighted by Gasteiger charge is 2.27. The van der Waals surface area contributed by atoms with Gasteiger partial charge < -0.3 is 5.73 Å².